The molecule has 1 atom stereocenters. The first-order valence-electron chi connectivity index (χ1n) is 6.78. The first-order chi connectivity index (χ1) is 9.37. The van der Waals surface area contributed by atoms with Gasteiger partial charge in [-0.3, -0.25) is 9.59 Å². The van der Waals surface area contributed by atoms with E-state index < -0.39 is 11.4 Å². The second-order valence-corrected chi connectivity index (χ2v) is 5.92. The van der Waals surface area contributed by atoms with Crippen LogP contribution in [0.3, 0.4) is 0 Å². The predicted octanol–water partition coefficient (Wildman–Crippen LogP) is 0.471. The zero-order valence-corrected chi connectivity index (χ0v) is 11.9. The van der Waals surface area contributed by atoms with Gasteiger partial charge in [-0.05, 0) is 31.4 Å². The number of nitrogens with two attached hydrogens (primary N) is 1. The van der Waals surface area contributed by atoms with Gasteiger partial charge in [0.2, 0.25) is 11.8 Å². The van der Waals surface area contributed by atoms with Crippen molar-refractivity contribution in [1.29, 1.82) is 0 Å². The van der Waals surface area contributed by atoms with E-state index in [9.17, 15) is 9.59 Å². The Morgan fingerprint density at radius 3 is 2.65 bits per heavy atom. The van der Waals surface area contributed by atoms with Crippen molar-refractivity contribution in [3.05, 3.63) is 35.4 Å². The monoisotopic (exact) mass is 275 g/mol. The number of hydrogen-bond donors (Lipinski definition) is 3. The highest BCUT2D eigenvalue weighted by molar-refractivity contribution is 5.84. The van der Waals surface area contributed by atoms with Gasteiger partial charge in [-0.1, -0.05) is 24.3 Å². The molecule has 0 radical (unpaired) electrons. The number of benzene rings is 1. The van der Waals surface area contributed by atoms with Gasteiger partial charge < -0.3 is 16.4 Å². The van der Waals surface area contributed by atoms with Crippen molar-refractivity contribution in [3.63, 3.8) is 0 Å². The lowest BCUT2D eigenvalue weighted by molar-refractivity contribution is -0.125. The average Bonchev–Trinajstić information content (AvgIpc) is 2.36. The number of fused-ring (bicyclic) bond motifs is 1. The van der Waals surface area contributed by atoms with Gasteiger partial charge in [0, 0.05) is 18.5 Å². The van der Waals surface area contributed by atoms with E-state index in [1.54, 1.807) is 13.8 Å². The first kappa shape index (κ1) is 14.5. The Kier molecular flexibility index (Phi) is 4.09. The van der Waals surface area contributed by atoms with Gasteiger partial charge in [0.05, 0.1) is 6.04 Å². The molecule has 0 bridgehead atoms. The minimum atomic E-state index is -0.623. The summed E-state index contributed by atoms with van der Waals surface area (Å²) in [5, 5.41) is 6.11. The molecule has 5 heteroatoms. The van der Waals surface area contributed by atoms with Gasteiger partial charge in [-0.15, -0.1) is 0 Å². The van der Waals surface area contributed by atoms with Crippen LogP contribution in [-0.4, -0.2) is 23.4 Å². The largest absolute Gasteiger partial charge is 0.370 e. The van der Waals surface area contributed by atoms with Crippen LogP contribution in [0.25, 0.3) is 0 Å². The lowest BCUT2D eigenvalue weighted by Gasteiger charge is -2.30. The molecule has 0 saturated carbocycles. The maximum Gasteiger partial charge on any atom is 0.237 e. The van der Waals surface area contributed by atoms with Crippen LogP contribution in [0.1, 0.15) is 31.4 Å². The van der Waals surface area contributed by atoms with E-state index >= 15 is 0 Å². The van der Waals surface area contributed by atoms with E-state index in [1.807, 2.05) is 18.2 Å². The van der Waals surface area contributed by atoms with E-state index in [-0.39, 0.29) is 18.4 Å². The molecule has 5 nitrogen and oxygen atoms in total. The van der Waals surface area contributed by atoms with Gasteiger partial charge in [0.1, 0.15) is 0 Å². The third-order valence-corrected chi connectivity index (χ3v) is 3.48. The summed E-state index contributed by atoms with van der Waals surface area (Å²) in [5.41, 5.74) is 6.99. The lowest BCUT2D eigenvalue weighted by Crippen LogP contribution is -2.54. The summed E-state index contributed by atoms with van der Waals surface area (Å²) < 4.78 is 0. The average molecular weight is 275 g/mol. The van der Waals surface area contributed by atoms with Gasteiger partial charge in [0.15, 0.2) is 0 Å². The van der Waals surface area contributed by atoms with Gasteiger partial charge >= 0.3 is 0 Å². The standard InChI is InChI=1S/C15H21N3O2/c1-15(2,8-13(16)19)18-14(20)12-7-10-5-3-4-6-11(10)9-17-12/h3-6,12,17H,7-9H2,1-2H3,(H2,16,19)(H,18,20)/t12-/m0/s1. The molecule has 2 amide bonds. The number of nitrogens with one attached hydrogen (secondary N) is 2. The van der Waals surface area contributed by atoms with Crippen molar-refractivity contribution in [2.75, 3.05) is 0 Å². The molecule has 2 rings (SSSR count). The molecule has 4 N–H and O–H groups in total. The van der Waals surface area contributed by atoms with E-state index in [0.29, 0.717) is 13.0 Å². The molecule has 1 heterocycles. The third kappa shape index (κ3) is 3.57. The summed E-state index contributed by atoms with van der Waals surface area (Å²) in [7, 11) is 0. The van der Waals surface area contributed by atoms with Crippen molar-refractivity contribution < 1.29 is 9.59 Å². The topological polar surface area (TPSA) is 84.2 Å². The van der Waals surface area contributed by atoms with Crippen LogP contribution in [-0.2, 0) is 22.6 Å². The number of carbonyl (C=O) groups excluding carboxylic acids is 2. The fraction of sp³-hybridized carbons (Fsp3) is 0.467. The van der Waals surface area contributed by atoms with Crippen LogP contribution in [0.5, 0.6) is 0 Å². The zero-order valence-electron chi connectivity index (χ0n) is 11.9. The smallest absolute Gasteiger partial charge is 0.237 e. The van der Waals surface area contributed by atoms with Crippen LogP contribution in [0.15, 0.2) is 24.3 Å². The van der Waals surface area contributed by atoms with Crippen molar-refractivity contribution in [1.82, 2.24) is 10.6 Å². The summed E-state index contributed by atoms with van der Waals surface area (Å²) in [4.78, 5) is 23.3. The molecule has 1 aromatic rings. The number of rotatable bonds is 4. The molecule has 0 fully saturated rings. The zero-order chi connectivity index (χ0) is 14.8. The highest BCUT2D eigenvalue weighted by atomic mass is 16.2. The summed E-state index contributed by atoms with van der Waals surface area (Å²) in [6.45, 7) is 4.28. The van der Waals surface area contributed by atoms with Crippen LogP contribution in [0, 0.1) is 0 Å². The maximum atomic E-state index is 12.3. The van der Waals surface area contributed by atoms with Crippen LogP contribution in [0.4, 0.5) is 0 Å². The van der Waals surface area contributed by atoms with E-state index in [2.05, 4.69) is 16.7 Å². The van der Waals surface area contributed by atoms with Gasteiger partial charge in [-0.25, -0.2) is 0 Å². The quantitative estimate of drug-likeness (QED) is 0.747. The van der Waals surface area contributed by atoms with Gasteiger partial charge in [-0.2, -0.15) is 0 Å². The summed E-state index contributed by atoms with van der Waals surface area (Å²) >= 11 is 0. The second kappa shape index (κ2) is 5.63. The molecule has 0 unspecified atom stereocenters. The fourth-order valence-corrected chi connectivity index (χ4v) is 2.54. The number of amides is 2. The second-order valence-electron chi connectivity index (χ2n) is 5.92. The molecular formula is C15H21N3O2. The van der Waals surface area contributed by atoms with Crippen molar-refractivity contribution in [2.24, 2.45) is 5.73 Å². The van der Waals surface area contributed by atoms with Crippen molar-refractivity contribution in [3.8, 4) is 0 Å². The Balaban J connectivity index is 2.00. The summed E-state index contributed by atoms with van der Waals surface area (Å²) in [6.07, 6.45) is 0.788. The number of hydrogen-bond acceptors (Lipinski definition) is 3. The lowest BCUT2D eigenvalue weighted by atomic mass is 9.94. The van der Waals surface area contributed by atoms with Crippen LogP contribution >= 0.6 is 0 Å². The molecule has 0 saturated heterocycles. The first-order valence-corrected chi connectivity index (χ1v) is 6.78. The third-order valence-electron chi connectivity index (χ3n) is 3.48. The Bertz CT molecular complexity index is 526. The molecule has 0 aliphatic carbocycles. The van der Waals surface area contributed by atoms with Crippen molar-refractivity contribution in [2.45, 2.75) is 44.8 Å². The highest BCUT2D eigenvalue weighted by Crippen LogP contribution is 2.17. The molecular weight excluding hydrogens is 254 g/mol. The molecule has 1 aromatic carbocycles. The maximum absolute atomic E-state index is 12.3. The van der Waals surface area contributed by atoms with E-state index in [1.165, 1.54) is 11.1 Å². The minimum absolute atomic E-state index is 0.0919. The van der Waals surface area contributed by atoms with Crippen molar-refractivity contribution >= 4 is 11.8 Å². The number of primary amides is 1. The molecule has 1 aliphatic heterocycles. The van der Waals surface area contributed by atoms with Crippen LogP contribution < -0.4 is 16.4 Å². The fourth-order valence-electron chi connectivity index (χ4n) is 2.54. The Morgan fingerprint density at radius 2 is 2.00 bits per heavy atom. The van der Waals surface area contributed by atoms with Gasteiger partial charge in [0.25, 0.3) is 0 Å². The molecule has 0 aromatic heterocycles. The predicted molar refractivity (Wildman–Crippen MR) is 76.8 cm³/mol. The SMILES string of the molecule is CC(C)(CC(N)=O)NC(=O)[C@@H]1Cc2ccccc2CN1. The highest BCUT2D eigenvalue weighted by Gasteiger charge is 2.29. The molecule has 108 valence electrons. The summed E-state index contributed by atoms with van der Waals surface area (Å²) in [5.74, 6) is -0.511. The molecule has 20 heavy (non-hydrogen) atoms. The number of carbonyl (C=O) groups is 2. The minimum Gasteiger partial charge on any atom is -0.370 e. The van der Waals surface area contributed by atoms with E-state index in [0.717, 1.165) is 0 Å². The normalized spacial score (nSPS) is 18.2. The molecule has 1 aliphatic rings. The Morgan fingerprint density at radius 1 is 1.35 bits per heavy atom. The Hall–Kier alpha value is -1.88. The summed E-state index contributed by atoms with van der Waals surface area (Å²) in [6, 6.07) is 7.82. The van der Waals surface area contributed by atoms with Crippen LogP contribution in [0.2, 0.25) is 0 Å². The van der Waals surface area contributed by atoms with E-state index in [4.69, 9.17) is 5.73 Å². The molecule has 0 spiro atoms. The Labute approximate surface area is 118 Å².